The number of thiophene rings is 1. The molecule has 0 amide bonds. The number of pyridine rings is 1. The van der Waals surface area contributed by atoms with E-state index in [9.17, 15) is 9.59 Å². The largest absolute Gasteiger partial charge is 0.439 e. The second-order valence-electron chi connectivity index (χ2n) is 8.78. The molecule has 3 N–H and O–H groups in total. The molecule has 0 aliphatic heterocycles. The maximum absolute atomic E-state index is 13.8. The van der Waals surface area contributed by atoms with Crippen LogP contribution in [0.5, 0.6) is 0 Å². The van der Waals surface area contributed by atoms with Crippen LogP contribution in [0.15, 0.2) is 94.2 Å². The summed E-state index contributed by atoms with van der Waals surface area (Å²) in [7, 11) is 0. The number of hydrogen-bond acceptors (Lipinski definition) is 6. The van der Waals surface area contributed by atoms with Gasteiger partial charge in [0.1, 0.15) is 9.71 Å². The summed E-state index contributed by atoms with van der Waals surface area (Å²) < 4.78 is 6.32. The number of halogens is 1. The van der Waals surface area contributed by atoms with Gasteiger partial charge in [0.05, 0.1) is 11.4 Å². The zero-order chi connectivity index (χ0) is 26.4. The number of rotatable bonds is 5. The lowest BCUT2D eigenvalue weighted by atomic mass is 9.98. The molecule has 6 aromatic rings. The fourth-order valence-corrected chi connectivity index (χ4v) is 5.54. The number of para-hydroxylation sites is 1. The van der Waals surface area contributed by atoms with Gasteiger partial charge in [0.15, 0.2) is 0 Å². The molecule has 0 bridgehead atoms. The summed E-state index contributed by atoms with van der Waals surface area (Å²) in [4.78, 5) is 32.1. The highest BCUT2D eigenvalue weighted by Crippen LogP contribution is 2.42. The van der Waals surface area contributed by atoms with Gasteiger partial charge < -0.3 is 5.73 Å². The summed E-state index contributed by atoms with van der Waals surface area (Å²) in [6.07, 6.45) is 0. The fourth-order valence-electron chi connectivity index (χ4n) is 4.35. The van der Waals surface area contributed by atoms with Crippen molar-refractivity contribution in [3.8, 4) is 28.1 Å². The van der Waals surface area contributed by atoms with Gasteiger partial charge in [0.2, 0.25) is 5.69 Å². The number of ketones is 1. The van der Waals surface area contributed by atoms with Crippen molar-refractivity contribution >= 4 is 44.6 Å². The van der Waals surface area contributed by atoms with Crippen LogP contribution in [0.2, 0.25) is 5.02 Å². The van der Waals surface area contributed by atoms with E-state index in [1.54, 1.807) is 36.4 Å². The van der Waals surface area contributed by atoms with E-state index >= 15 is 0 Å². The topological polar surface area (TPSA) is 106 Å². The molecule has 0 atom stereocenters. The van der Waals surface area contributed by atoms with Crippen molar-refractivity contribution < 1.29 is 14.0 Å². The summed E-state index contributed by atoms with van der Waals surface area (Å²) in [5.74, 6) is -0.549. The van der Waals surface area contributed by atoms with Crippen LogP contribution < -0.4 is 16.0 Å². The second-order valence-corrected chi connectivity index (χ2v) is 10.2. The molecule has 7 nitrogen and oxygen atoms in total. The van der Waals surface area contributed by atoms with Crippen LogP contribution in [0.3, 0.4) is 0 Å². The molecule has 0 radical (unpaired) electrons. The monoisotopic (exact) mass is 539 g/mol. The molecule has 3 aromatic heterocycles. The number of hydrogen-bond donors (Lipinski definition) is 2. The third-order valence-electron chi connectivity index (χ3n) is 6.28. The van der Waals surface area contributed by atoms with Gasteiger partial charge in [-0.3, -0.25) is 9.32 Å². The van der Waals surface area contributed by atoms with Crippen molar-refractivity contribution in [2.24, 2.45) is 0 Å². The SMILES string of the molecule is Cc1ccc(-c2cc(-c3ccc(Cl)cc3)nc3sc(C(=O)c4c(=O)o[nH][n+]4-c4ccccc4)c(N)c23)cc1. The molecule has 38 heavy (non-hydrogen) atoms. The van der Waals surface area contributed by atoms with Crippen molar-refractivity contribution in [2.75, 3.05) is 5.73 Å². The van der Waals surface area contributed by atoms with E-state index in [0.717, 1.165) is 33.6 Å². The first-order valence-corrected chi connectivity index (χ1v) is 12.9. The van der Waals surface area contributed by atoms with E-state index < -0.39 is 11.4 Å². The number of nitrogen functional groups attached to an aromatic ring is 1. The molecule has 0 spiro atoms. The molecule has 3 aromatic carbocycles. The van der Waals surface area contributed by atoms with E-state index in [4.69, 9.17) is 26.8 Å². The lowest BCUT2D eigenvalue weighted by Gasteiger charge is -2.09. The minimum atomic E-state index is -0.788. The van der Waals surface area contributed by atoms with E-state index in [1.807, 2.05) is 55.5 Å². The second kappa shape index (κ2) is 9.41. The van der Waals surface area contributed by atoms with Crippen molar-refractivity contribution in [1.29, 1.82) is 0 Å². The van der Waals surface area contributed by atoms with Gasteiger partial charge in [0, 0.05) is 28.1 Å². The molecule has 186 valence electrons. The highest BCUT2D eigenvalue weighted by atomic mass is 35.5. The summed E-state index contributed by atoms with van der Waals surface area (Å²) in [5, 5.41) is 3.80. The Morgan fingerprint density at radius 2 is 1.68 bits per heavy atom. The average molecular weight is 540 g/mol. The Morgan fingerprint density at radius 3 is 2.39 bits per heavy atom. The number of carbonyl (C=O) groups is 1. The Labute approximate surface area is 225 Å². The predicted molar refractivity (Wildman–Crippen MR) is 149 cm³/mol. The molecule has 9 heteroatoms. The number of aromatic amines is 1. The Hall–Kier alpha value is -4.53. The van der Waals surface area contributed by atoms with Gasteiger partial charge in [-0.05, 0) is 46.2 Å². The van der Waals surface area contributed by atoms with Crippen LogP contribution >= 0.6 is 22.9 Å². The maximum atomic E-state index is 13.8. The minimum absolute atomic E-state index is 0.177. The number of aromatic nitrogens is 3. The highest BCUT2D eigenvalue weighted by molar-refractivity contribution is 7.21. The van der Waals surface area contributed by atoms with Crippen LogP contribution in [0.25, 0.3) is 38.3 Å². The standard InChI is InChI=1S/C29H19ClN4O3S/c1-16-7-9-17(10-8-16)21-15-22(18-11-13-19(30)14-12-18)32-28-23(21)24(31)27(38-28)26(35)25-29(36)37-33-34(25)20-5-3-2-4-6-20/h2-15H,1H3,(H2-,31,33,35,36)/p+1. The smallest absolute Gasteiger partial charge is 0.397 e. The number of nitrogens with zero attached hydrogens (tertiary/aromatic N) is 2. The lowest BCUT2D eigenvalue weighted by Crippen LogP contribution is -2.41. The average Bonchev–Trinajstić information content (AvgIpc) is 3.49. The van der Waals surface area contributed by atoms with Gasteiger partial charge in [-0.2, -0.15) is 0 Å². The quantitative estimate of drug-likeness (QED) is 0.207. The number of H-pyrrole nitrogens is 1. The normalized spacial score (nSPS) is 11.2. The van der Waals surface area contributed by atoms with E-state index in [2.05, 4.69) is 5.27 Å². The third kappa shape index (κ3) is 4.09. The summed E-state index contributed by atoms with van der Waals surface area (Å²) in [6, 6.07) is 26.4. The summed E-state index contributed by atoms with van der Waals surface area (Å²) in [5.41, 5.74) is 11.0. The maximum Gasteiger partial charge on any atom is 0.439 e. The number of nitrogens with one attached hydrogen (secondary N) is 1. The summed E-state index contributed by atoms with van der Waals surface area (Å²) >= 11 is 7.25. The number of aryl methyl sites for hydroxylation is 1. The Bertz CT molecular complexity index is 1870. The van der Waals surface area contributed by atoms with Crippen LogP contribution in [0.4, 0.5) is 5.69 Å². The van der Waals surface area contributed by atoms with E-state index in [-0.39, 0.29) is 16.3 Å². The van der Waals surface area contributed by atoms with Gasteiger partial charge in [-0.1, -0.05) is 71.8 Å². The third-order valence-corrected chi connectivity index (χ3v) is 7.63. The van der Waals surface area contributed by atoms with Gasteiger partial charge in [-0.25, -0.2) is 9.78 Å². The molecule has 0 aliphatic carbocycles. The van der Waals surface area contributed by atoms with Gasteiger partial charge in [0.25, 0.3) is 5.78 Å². The van der Waals surface area contributed by atoms with Crippen molar-refractivity contribution in [1.82, 2.24) is 10.3 Å². The molecule has 0 unspecified atom stereocenters. The van der Waals surface area contributed by atoms with Gasteiger partial charge >= 0.3 is 11.3 Å². The Balaban J connectivity index is 1.57. The zero-order valence-electron chi connectivity index (χ0n) is 20.1. The van der Waals surface area contributed by atoms with Crippen molar-refractivity contribution in [3.05, 3.63) is 117 Å². The molecule has 0 saturated carbocycles. The first kappa shape index (κ1) is 23.8. The lowest BCUT2D eigenvalue weighted by molar-refractivity contribution is -0.672. The van der Waals surface area contributed by atoms with Crippen LogP contribution in [-0.4, -0.2) is 16.0 Å². The Kier molecular flexibility index (Phi) is 5.90. The molecule has 3 heterocycles. The molecular weight excluding hydrogens is 520 g/mol. The van der Waals surface area contributed by atoms with Crippen LogP contribution in [0.1, 0.15) is 20.9 Å². The highest BCUT2D eigenvalue weighted by Gasteiger charge is 2.35. The van der Waals surface area contributed by atoms with Crippen molar-refractivity contribution in [2.45, 2.75) is 6.92 Å². The molecular formula is C29H20ClN4O3S+. The van der Waals surface area contributed by atoms with Crippen LogP contribution in [-0.2, 0) is 0 Å². The molecule has 6 rings (SSSR count). The van der Waals surface area contributed by atoms with Crippen molar-refractivity contribution in [3.63, 3.8) is 0 Å². The Morgan fingerprint density at radius 1 is 1.00 bits per heavy atom. The fraction of sp³-hybridized carbons (Fsp3) is 0.0345. The summed E-state index contributed by atoms with van der Waals surface area (Å²) in [6.45, 7) is 2.02. The van der Waals surface area contributed by atoms with Crippen LogP contribution in [0, 0.1) is 6.92 Å². The minimum Gasteiger partial charge on any atom is -0.397 e. The molecule has 0 fully saturated rings. The number of nitrogens with two attached hydrogens (primary N) is 1. The zero-order valence-corrected chi connectivity index (χ0v) is 21.6. The molecule has 0 saturated heterocycles. The number of benzene rings is 3. The van der Waals surface area contributed by atoms with Gasteiger partial charge in [-0.15, -0.1) is 11.3 Å². The molecule has 0 aliphatic rings. The number of fused-ring (bicyclic) bond motifs is 1. The van der Waals surface area contributed by atoms with E-state index in [0.29, 0.717) is 26.6 Å². The predicted octanol–water partition coefficient (Wildman–Crippen LogP) is 5.96. The van der Waals surface area contributed by atoms with E-state index in [1.165, 1.54) is 4.68 Å². The first-order valence-electron chi connectivity index (χ1n) is 11.7. The number of anilines is 1. The first-order chi connectivity index (χ1) is 18.4. The number of carbonyl (C=O) groups excluding carboxylic acids is 1.